The molecule has 1 heterocycles. The number of nitrogens with zero attached hydrogens (tertiary/aromatic N) is 1. The van der Waals surface area contributed by atoms with Crippen LogP contribution in [0.4, 0.5) is 5.69 Å². The van der Waals surface area contributed by atoms with E-state index in [9.17, 15) is 14.7 Å². The molecular weight excluding hydrogens is 543 g/mol. The molecule has 7 heteroatoms. The Labute approximate surface area is 243 Å². The number of nitrogens with one attached hydrogen (secondary N) is 1. The summed E-state index contributed by atoms with van der Waals surface area (Å²) in [4.78, 5) is 25.9. The fourth-order valence-corrected chi connectivity index (χ4v) is 5.15. The molecule has 0 radical (unpaired) electrons. The highest BCUT2D eigenvalue weighted by Crippen LogP contribution is 2.36. The van der Waals surface area contributed by atoms with Gasteiger partial charge in [-0.3, -0.25) is 4.79 Å². The standard InChI is InChI=1S/C33H28Cl2N2O3/c1-33(2,3)24-12-7-21(8-13-24)23-11-16-27-28(18-23)37(19-20-5-4-6-26(35)17-20)30(32(39)40)29(27)36-31(38)22-9-14-25(34)15-10-22/h4-18H,19H2,1-3H3,(H,36,38)(H,39,40). The van der Waals surface area contributed by atoms with E-state index < -0.39 is 11.9 Å². The van der Waals surface area contributed by atoms with Crippen molar-refractivity contribution < 1.29 is 14.7 Å². The molecule has 0 bridgehead atoms. The summed E-state index contributed by atoms with van der Waals surface area (Å²) in [5, 5.41) is 14.9. The summed E-state index contributed by atoms with van der Waals surface area (Å²) in [7, 11) is 0. The molecule has 202 valence electrons. The molecule has 2 N–H and O–H groups in total. The van der Waals surface area contributed by atoms with Crippen LogP contribution in [-0.4, -0.2) is 21.6 Å². The molecule has 5 aromatic rings. The first-order valence-corrected chi connectivity index (χ1v) is 13.6. The van der Waals surface area contributed by atoms with Crippen LogP contribution >= 0.6 is 23.2 Å². The summed E-state index contributed by atoms with van der Waals surface area (Å²) in [6.45, 7) is 6.76. The second-order valence-electron chi connectivity index (χ2n) is 10.8. The van der Waals surface area contributed by atoms with Crippen molar-refractivity contribution in [2.24, 2.45) is 0 Å². The third-order valence-electron chi connectivity index (χ3n) is 6.93. The Bertz CT molecular complexity index is 1730. The third kappa shape index (κ3) is 5.62. The second kappa shape index (κ2) is 10.8. The minimum absolute atomic E-state index is 0.0162. The average molecular weight is 572 g/mol. The Morgan fingerprint density at radius 2 is 1.50 bits per heavy atom. The van der Waals surface area contributed by atoms with Gasteiger partial charge in [0.05, 0.1) is 11.2 Å². The van der Waals surface area contributed by atoms with Crippen molar-refractivity contribution in [2.75, 3.05) is 5.32 Å². The molecule has 1 aromatic heterocycles. The lowest BCUT2D eigenvalue weighted by molar-refractivity contribution is 0.0687. The van der Waals surface area contributed by atoms with E-state index >= 15 is 0 Å². The molecule has 5 rings (SSSR count). The average Bonchev–Trinajstić information content (AvgIpc) is 3.21. The summed E-state index contributed by atoms with van der Waals surface area (Å²) in [5.41, 5.74) is 5.30. The number of carboxylic acids is 1. The van der Waals surface area contributed by atoms with E-state index in [1.807, 2.05) is 30.3 Å². The van der Waals surface area contributed by atoms with Gasteiger partial charge in [0.15, 0.2) is 5.69 Å². The normalized spacial score (nSPS) is 11.5. The van der Waals surface area contributed by atoms with Crippen molar-refractivity contribution in [3.05, 3.63) is 123 Å². The highest BCUT2D eigenvalue weighted by Gasteiger charge is 2.25. The Balaban J connectivity index is 1.67. The van der Waals surface area contributed by atoms with Gasteiger partial charge >= 0.3 is 5.97 Å². The van der Waals surface area contributed by atoms with Crippen LogP contribution in [-0.2, 0) is 12.0 Å². The van der Waals surface area contributed by atoms with E-state index in [0.29, 0.717) is 26.5 Å². The van der Waals surface area contributed by atoms with Crippen LogP contribution < -0.4 is 5.32 Å². The van der Waals surface area contributed by atoms with Gasteiger partial charge in [0.1, 0.15) is 0 Å². The molecule has 40 heavy (non-hydrogen) atoms. The number of anilines is 1. The van der Waals surface area contributed by atoms with E-state index in [4.69, 9.17) is 23.2 Å². The van der Waals surface area contributed by atoms with E-state index in [0.717, 1.165) is 16.7 Å². The summed E-state index contributed by atoms with van der Waals surface area (Å²) in [5.74, 6) is -1.58. The number of hydrogen-bond acceptors (Lipinski definition) is 2. The number of halogens is 2. The minimum atomic E-state index is -1.15. The molecular formula is C33H28Cl2N2O3. The van der Waals surface area contributed by atoms with Crippen LogP contribution in [0.15, 0.2) is 91.0 Å². The predicted molar refractivity (Wildman–Crippen MR) is 163 cm³/mol. The summed E-state index contributed by atoms with van der Waals surface area (Å²) in [6, 6.07) is 27.9. The number of carboxylic acid groups (broad SMARTS) is 1. The van der Waals surface area contributed by atoms with Crippen molar-refractivity contribution in [2.45, 2.75) is 32.7 Å². The molecule has 5 nitrogen and oxygen atoms in total. The van der Waals surface area contributed by atoms with Crippen molar-refractivity contribution in [3.63, 3.8) is 0 Å². The zero-order valence-corrected chi connectivity index (χ0v) is 23.8. The highest BCUT2D eigenvalue weighted by molar-refractivity contribution is 6.31. The zero-order chi connectivity index (χ0) is 28.6. The molecule has 1 amide bonds. The Kier molecular flexibility index (Phi) is 7.45. The minimum Gasteiger partial charge on any atom is -0.477 e. The molecule has 0 fully saturated rings. The lowest BCUT2D eigenvalue weighted by Crippen LogP contribution is -2.16. The number of carbonyl (C=O) groups excluding carboxylic acids is 1. The Morgan fingerprint density at radius 3 is 2.12 bits per heavy atom. The van der Waals surface area contributed by atoms with E-state index in [1.54, 1.807) is 41.0 Å². The number of hydrogen-bond donors (Lipinski definition) is 2. The van der Waals surface area contributed by atoms with E-state index in [1.165, 1.54) is 5.56 Å². The Hall–Kier alpha value is -4.06. The molecule has 0 aliphatic rings. The van der Waals surface area contributed by atoms with Crippen molar-refractivity contribution in [3.8, 4) is 11.1 Å². The zero-order valence-electron chi connectivity index (χ0n) is 22.3. The van der Waals surface area contributed by atoms with Crippen LogP contribution in [0.2, 0.25) is 10.0 Å². The Morgan fingerprint density at radius 1 is 0.825 bits per heavy atom. The van der Waals surface area contributed by atoms with Gasteiger partial charge < -0.3 is 15.0 Å². The highest BCUT2D eigenvalue weighted by atomic mass is 35.5. The monoisotopic (exact) mass is 570 g/mol. The first-order valence-electron chi connectivity index (χ1n) is 12.8. The van der Waals surface area contributed by atoms with Gasteiger partial charge in [-0.05, 0) is 70.1 Å². The third-order valence-corrected chi connectivity index (χ3v) is 7.41. The molecule has 0 atom stereocenters. The van der Waals surface area contributed by atoms with E-state index in [-0.39, 0.29) is 23.3 Å². The van der Waals surface area contributed by atoms with E-state index in [2.05, 4.69) is 50.4 Å². The van der Waals surface area contributed by atoms with Crippen LogP contribution in [0, 0.1) is 0 Å². The van der Waals surface area contributed by atoms with Crippen LogP contribution in [0.5, 0.6) is 0 Å². The lowest BCUT2D eigenvalue weighted by atomic mass is 9.86. The summed E-state index contributed by atoms with van der Waals surface area (Å²) < 4.78 is 1.72. The first kappa shape index (κ1) is 27.5. The van der Waals surface area contributed by atoms with Crippen molar-refractivity contribution >= 4 is 51.7 Å². The molecule has 0 saturated heterocycles. The number of carbonyl (C=O) groups is 2. The van der Waals surface area contributed by atoms with Crippen LogP contribution in [0.25, 0.3) is 22.0 Å². The van der Waals surface area contributed by atoms with Crippen molar-refractivity contribution in [1.29, 1.82) is 0 Å². The summed E-state index contributed by atoms with van der Waals surface area (Å²) >= 11 is 12.2. The smallest absolute Gasteiger partial charge is 0.354 e. The lowest BCUT2D eigenvalue weighted by Gasteiger charge is -2.19. The quantitative estimate of drug-likeness (QED) is 0.214. The maximum Gasteiger partial charge on any atom is 0.354 e. The number of rotatable bonds is 6. The predicted octanol–water partition coefficient (Wildman–Crippen LogP) is 8.91. The molecule has 0 spiro atoms. The van der Waals surface area contributed by atoms with Crippen LogP contribution in [0.1, 0.15) is 52.7 Å². The number of amides is 1. The maximum absolute atomic E-state index is 13.2. The molecule has 0 aliphatic carbocycles. The first-order chi connectivity index (χ1) is 19.0. The fraction of sp³-hybridized carbons (Fsp3) is 0.152. The molecule has 0 aliphatic heterocycles. The van der Waals surface area contributed by atoms with Gasteiger partial charge in [0.2, 0.25) is 0 Å². The number of aromatic nitrogens is 1. The second-order valence-corrected chi connectivity index (χ2v) is 11.6. The number of benzene rings is 4. The van der Waals surface area contributed by atoms with Gasteiger partial charge in [-0.15, -0.1) is 0 Å². The molecule has 0 saturated carbocycles. The van der Waals surface area contributed by atoms with Gasteiger partial charge in [-0.25, -0.2) is 4.79 Å². The largest absolute Gasteiger partial charge is 0.477 e. The maximum atomic E-state index is 13.2. The van der Waals surface area contributed by atoms with Gasteiger partial charge in [-0.2, -0.15) is 0 Å². The summed E-state index contributed by atoms with van der Waals surface area (Å²) in [6.07, 6.45) is 0. The fourth-order valence-electron chi connectivity index (χ4n) is 4.81. The van der Waals surface area contributed by atoms with Gasteiger partial charge in [0.25, 0.3) is 5.91 Å². The topological polar surface area (TPSA) is 71.3 Å². The van der Waals surface area contributed by atoms with Crippen LogP contribution in [0.3, 0.4) is 0 Å². The van der Waals surface area contributed by atoms with Gasteiger partial charge in [0, 0.05) is 27.5 Å². The van der Waals surface area contributed by atoms with Crippen molar-refractivity contribution in [1.82, 2.24) is 4.57 Å². The van der Waals surface area contributed by atoms with Gasteiger partial charge in [-0.1, -0.05) is 92.5 Å². The number of aromatic carboxylic acids is 1. The molecule has 4 aromatic carbocycles. The number of fused-ring (bicyclic) bond motifs is 1. The molecule has 0 unspecified atom stereocenters. The SMILES string of the molecule is CC(C)(C)c1ccc(-c2ccc3c(NC(=O)c4ccc(Cl)cc4)c(C(=O)O)n(Cc4cccc(Cl)c4)c3c2)cc1.